The first-order chi connectivity index (χ1) is 5.06. The zero-order valence-electron chi connectivity index (χ0n) is 6.85. The number of hydrogen-bond donors (Lipinski definition) is 2. The molecule has 1 rings (SSSR count). The van der Waals surface area contributed by atoms with Crippen molar-refractivity contribution in [1.29, 1.82) is 0 Å². The summed E-state index contributed by atoms with van der Waals surface area (Å²) in [5.74, 6) is 5.63. The zero-order chi connectivity index (χ0) is 8.48. The van der Waals surface area contributed by atoms with Gasteiger partial charge in [-0.05, 0) is 6.42 Å². The van der Waals surface area contributed by atoms with E-state index in [1.54, 1.807) is 0 Å². The molecular formula is C7H13N3O. The first-order valence-corrected chi connectivity index (χ1v) is 3.64. The minimum absolute atomic E-state index is 0.00736. The molecule has 1 aliphatic heterocycles. The lowest BCUT2D eigenvalue weighted by Crippen LogP contribution is -2.46. The summed E-state index contributed by atoms with van der Waals surface area (Å²) in [6, 6.07) is 0. The summed E-state index contributed by atoms with van der Waals surface area (Å²) in [5, 5.41) is 6.09. The summed E-state index contributed by atoms with van der Waals surface area (Å²) in [6.45, 7) is 3.82. The van der Waals surface area contributed by atoms with Crippen LogP contribution in [0, 0.1) is 5.41 Å². The second-order valence-corrected chi connectivity index (χ2v) is 3.41. The van der Waals surface area contributed by atoms with E-state index < -0.39 is 0 Å². The zero-order valence-corrected chi connectivity index (χ0v) is 6.85. The third kappa shape index (κ3) is 1.50. The lowest BCUT2D eigenvalue weighted by molar-refractivity contribution is -0.128. The van der Waals surface area contributed by atoms with Crippen LogP contribution in [0.2, 0.25) is 0 Å². The predicted molar refractivity (Wildman–Crippen MR) is 42.8 cm³/mol. The number of nitrogens with one attached hydrogen (secondary N) is 1. The molecule has 62 valence electrons. The van der Waals surface area contributed by atoms with E-state index in [9.17, 15) is 4.79 Å². The van der Waals surface area contributed by atoms with Crippen LogP contribution in [0.5, 0.6) is 0 Å². The molecule has 4 heteroatoms. The first kappa shape index (κ1) is 8.04. The average Bonchev–Trinajstić information content (AvgIpc) is 1.95. The number of amidine groups is 1. The Morgan fingerprint density at radius 3 is 2.73 bits per heavy atom. The number of rotatable bonds is 0. The standard InChI is InChI=1S/C7H13N3O/c1-7(2)4-3-5(10-8)9-6(7)11/h3-4,8H2,1-2H3,(H,9,10,11). The molecule has 0 aliphatic carbocycles. The average molecular weight is 155 g/mol. The smallest absolute Gasteiger partial charge is 0.230 e. The Labute approximate surface area is 65.8 Å². The molecule has 0 radical (unpaired) electrons. The molecule has 1 fully saturated rings. The summed E-state index contributed by atoms with van der Waals surface area (Å²) in [7, 11) is 0. The second kappa shape index (κ2) is 2.53. The van der Waals surface area contributed by atoms with Gasteiger partial charge < -0.3 is 11.2 Å². The highest BCUT2D eigenvalue weighted by atomic mass is 16.2. The van der Waals surface area contributed by atoms with Gasteiger partial charge in [0.05, 0.1) is 0 Å². The highest BCUT2D eigenvalue weighted by Gasteiger charge is 2.32. The van der Waals surface area contributed by atoms with Crippen LogP contribution in [0.15, 0.2) is 5.10 Å². The molecule has 0 unspecified atom stereocenters. The number of carbonyl (C=O) groups excluding carboxylic acids is 1. The van der Waals surface area contributed by atoms with Crippen molar-refractivity contribution in [3.8, 4) is 0 Å². The monoisotopic (exact) mass is 155 g/mol. The normalized spacial score (nSPS) is 26.7. The number of amides is 1. The Bertz CT molecular complexity index is 208. The maximum Gasteiger partial charge on any atom is 0.230 e. The van der Waals surface area contributed by atoms with Gasteiger partial charge >= 0.3 is 0 Å². The molecule has 4 nitrogen and oxygen atoms in total. The topological polar surface area (TPSA) is 67.5 Å². The number of carbonyl (C=O) groups is 1. The summed E-state index contributed by atoms with van der Waals surface area (Å²) >= 11 is 0. The number of nitrogens with two attached hydrogens (primary N) is 1. The number of hydrazone groups is 1. The Balaban J connectivity index is 2.70. The maximum atomic E-state index is 11.2. The van der Waals surface area contributed by atoms with Crippen LogP contribution in [0.1, 0.15) is 26.7 Å². The van der Waals surface area contributed by atoms with E-state index in [-0.39, 0.29) is 11.3 Å². The molecule has 11 heavy (non-hydrogen) atoms. The maximum absolute atomic E-state index is 11.2. The fourth-order valence-corrected chi connectivity index (χ4v) is 1.00. The van der Waals surface area contributed by atoms with Gasteiger partial charge in [-0.2, -0.15) is 5.10 Å². The fraction of sp³-hybridized carbons (Fsp3) is 0.714. The summed E-state index contributed by atoms with van der Waals surface area (Å²) in [4.78, 5) is 11.2. The predicted octanol–water partition coefficient (Wildman–Crippen LogP) is 0.195. The molecule has 0 aromatic carbocycles. The van der Waals surface area contributed by atoms with Crippen molar-refractivity contribution in [2.24, 2.45) is 16.4 Å². The molecule has 0 spiro atoms. The molecule has 0 aromatic rings. The molecule has 1 amide bonds. The number of hydrogen-bond acceptors (Lipinski definition) is 3. The van der Waals surface area contributed by atoms with E-state index in [1.165, 1.54) is 0 Å². The van der Waals surface area contributed by atoms with E-state index in [0.717, 1.165) is 12.8 Å². The van der Waals surface area contributed by atoms with Crippen molar-refractivity contribution < 1.29 is 4.79 Å². The summed E-state index contributed by atoms with van der Waals surface area (Å²) < 4.78 is 0. The van der Waals surface area contributed by atoms with Crippen LogP contribution in [0.3, 0.4) is 0 Å². The number of nitrogens with zero attached hydrogens (tertiary/aromatic N) is 1. The SMILES string of the molecule is CC1(C)CCC(=NN)NC1=O. The van der Waals surface area contributed by atoms with Gasteiger partial charge in [0.1, 0.15) is 5.84 Å². The molecule has 1 heterocycles. The van der Waals surface area contributed by atoms with Crippen LogP contribution in [-0.2, 0) is 4.79 Å². The van der Waals surface area contributed by atoms with E-state index in [2.05, 4.69) is 10.4 Å². The summed E-state index contributed by atoms with van der Waals surface area (Å²) in [5.41, 5.74) is -0.270. The molecule has 0 saturated carbocycles. The van der Waals surface area contributed by atoms with E-state index in [1.807, 2.05) is 13.8 Å². The molecular weight excluding hydrogens is 142 g/mol. The van der Waals surface area contributed by atoms with E-state index >= 15 is 0 Å². The quantitative estimate of drug-likeness (QED) is 0.387. The van der Waals surface area contributed by atoms with Crippen molar-refractivity contribution in [1.82, 2.24) is 5.32 Å². The Morgan fingerprint density at radius 1 is 1.64 bits per heavy atom. The van der Waals surface area contributed by atoms with Crippen LogP contribution in [0.4, 0.5) is 0 Å². The Morgan fingerprint density at radius 2 is 2.27 bits per heavy atom. The third-order valence-electron chi connectivity index (χ3n) is 2.02. The molecule has 1 saturated heterocycles. The van der Waals surface area contributed by atoms with E-state index in [0.29, 0.717) is 5.84 Å². The lowest BCUT2D eigenvalue weighted by atomic mass is 9.84. The van der Waals surface area contributed by atoms with Crippen molar-refractivity contribution in [2.45, 2.75) is 26.7 Å². The highest BCUT2D eigenvalue weighted by molar-refractivity contribution is 6.02. The Kier molecular flexibility index (Phi) is 1.85. The van der Waals surface area contributed by atoms with Crippen molar-refractivity contribution >= 4 is 11.7 Å². The molecule has 0 bridgehead atoms. The molecule has 0 aromatic heterocycles. The van der Waals surface area contributed by atoms with Gasteiger partial charge in [0.25, 0.3) is 0 Å². The first-order valence-electron chi connectivity index (χ1n) is 3.64. The highest BCUT2D eigenvalue weighted by Crippen LogP contribution is 2.25. The van der Waals surface area contributed by atoms with Crippen LogP contribution < -0.4 is 11.2 Å². The van der Waals surface area contributed by atoms with Gasteiger partial charge in [0, 0.05) is 11.8 Å². The van der Waals surface area contributed by atoms with Crippen LogP contribution in [0.25, 0.3) is 0 Å². The van der Waals surface area contributed by atoms with Gasteiger partial charge in [-0.25, -0.2) is 0 Å². The molecule has 1 aliphatic rings. The molecule has 0 atom stereocenters. The van der Waals surface area contributed by atoms with Crippen LogP contribution >= 0.6 is 0 Å². The van der Waals surface area contributed by atoms with Crippen molar-refractivity contribution in [2.75, 3.05) is 0 Å². The van der Waals surface area contributed by atoms with Gasteiger partial charge in [-0.15, -0.1) is 0 Å². The van der Waals surface area contributed by atoms with Crippen molar-refractivity contribution in [3.63, 3.8) is 0 Å². The largest absolute Gasteiger partial charge is 0.322 e. The van der Waals surface area contributed by atoms with Gasteiger partial charge in [0.2, 0.25) is 5.91 Å². The fourth-order valence-electron chi connectivity index (χ4n) is 1.00. The van der Waals surface area contributed by atoms with Crippen LogP contribution in [-0.4, -0.2) is 11.7 Å². The lowest BCUT2D eigenvalue weighted by Gasteiger charge is -2.28. The van der Waals surface area contributed by atoms with Gasteiger partial charge in [0.15, 0.2) is 0 Å². The molecule has 3 N–H and O–H groups in total. The van der Waals surface area contributed by atoms with Crippen molar-refractivity contribution in [3.05, 3.63) is 0 Å². The van der Waals surface area contributed by atoms with Gasteiger partial charge in [-0.3, -0.25) is 4.79 Å². The minimum Gasteiger partial charge on any atom is -0.322 e. The second-order valence-electron chi connectivity index (χ2n) is 3.41. The number of piperidine rings is 1. The van der Waals surface area contributed by atoms with E-state index in [4.69, 9.17) is 5.84 Å². The minimum atomic E-state index is -0.270. The third-order valence-corrected chi connectivity index (χ3v) is 2.02. The summed E-state index contributed by atoms with van der Waals surface area (Å²) in [6.07, 6.45) is 1.57. The van der Waals surface area contributed by atoms with Gasteiger partial charge in [-0.1, -0.05) is 13.8 Å². The Hall–Kier alpha value is -1.06.